The SMILES string of the molecule is COc1cccc(N2C[C@H](NC(=O)NCCCN3CCCC3=O)CC2=O)c1. The lowest BCUT2D eigenvalue weighted by Gasteiger charge is -2.18. The summed E-state index contributed by atoms with van der Waals surface area (Å²) in [4.78, 5) is 39.4. The van der Waals surface area contributed by atoms with Crippen LogP contribution >= 0.6 is 0 Å². The summed E-state index contributed by atoms with van der Waals surface area (Å²) < 4.78 is 5.20. The van der Waals surface area contributed by atoms with Gasteiger partial charge in [-0.25, -0.2) is 4.79 Å². The van der Waals surface area contributed by atoms with Crippen LogP contribution in [0.1, 0.15) is 25.7 Å². The first-order valence-corrected chi connectivity index (χ1v) is 9.33. The maximum atomic E-state index is 12.3. The molecule has 2 fully saturated rings. The van der Waals surface area contributed by atoms with Gasteiger partial charge in [-0.15, -0.1) is 0 Å². The van der Waals surface area contributed by atoms with E-state index in [0.29, 0.717) is 31.8 Å². The summed E-state index contributed by atoms with van der Waals surface area (Å²) >= 11 is 0. The highest BCUT2D eigenvalue weighted by Crippen LogP contribution is 2.25. The zero-order chi connectivity index (χ0) is 19.2. The molecule has 0 radical (unpaired) electrons. The summed E-state index contributed by atoms with van der Waals surface area (Å²) in [6, 6.07) is 6.79. The predicted molar refractivity (Wildman–Crippen MR) is 101 cm³/mol. The van der Waals surface area contributed by atoms with Gasteiger partial charge in [0.1, 0.15) is 5.75 Å². The molecule has 2 N–H and O–H groups in total. The topological polar surface area (TPSA) is 91.0 Å². The summed E-state index contributed by atoms with van der Waals surface area (Å²) in [6.07, 6.45) is 2.55. The van der Waals surface area contributed by atoms with Crippen LogP contribution in [0.5, 0.6) is 5.75 Å². The maximum Gasteiger partial charge on any atom is 0.315 e. The number of likely N-dealkylation sites (tertiary alicyclic amines) is 1. The highest BCUT2D eigenvalue weighted by Gasteiger charge is 2.31. The molecule has 8 heteroatoms. The smallest absolute Gasteiger partial charge is 0.315 e. The third kappa shape index (κ3) is 4.90. The molecule has 1 atom stereocenters. The van der Waals surface area contributed by atoms with E-state index in [-0.39, 0.29) is 30.3 Å². The standard InChI is InChI=1S/C19H26N4O4/c1-27-16-6-2-5-15(12-16)23-13-14(11-18(23)25)21-19(26)20-8-4-10-22-9-3-7-17(22)24/h2,5-6,12,14H,3-4,7-11,13H2,1H3,(H2,20,21,26)/t14-/m1/s1. The number of ether oxygens (including phenoxy) is 1. The number of hydrogen-bond donors (Lipinski definition) is 2. The van der Waals surface area contributed by atoms with Crippen LogP contribution in [0, 0.1) is 0 Å². The van der Waals surface area contributed by atoms with Gasteiger partial charge in [0, 0.05) is 50.8 Å². The number of nitrogens with zero attached hydrogens (tertiary/aromatic N) is 2. The Hall–Kier alpha value is -2.77. The average molecular weight is 374 g/mol. The van der Waals surface area contributed by atoms with Crippen molar-refractivity contribution in [3.05, 3.63) is 24.3 Å². The van der Waals surface area contributed by atoms with Gasteiger partial charge in [0.15, 0.2) is 0 Å². The van der Waals surface area contributed by atoms with E-state index in [9.17, 15) is 14.4 Å². The molecule has 146 valence electrons. The first-order chi connectivity index (χ1) is 13.1. The fourth-order valence-corrected chi connectivity index (χ4v) is 3.48. The molecule has 2 aliphatic heterocycles. The van der Waals surface area contributed by atoms with Crippen molar-refractivity contribution in [2.75, 3.05) is 38.2 Å². The quantitative estimate of drug-likeness (QED) is 0.700. The molecular formula is C19H26N4O4. The fourth-order valence-electron chi connectivity index (χ4n) is 3.48. The largest absolute Gasteiger partial charge is 0.497 e. The Kier molecular flexibility index (Phi) is 6.16. The minimum Gasteiger partial charge on any atom is -0.497 e. The Balaban J connectivity index is 1.41. The van der Waals surface area contributed by atoms with Crippen LogP contribution in [0.25, 0.3) is 0 Å². The molecule has 0 unspecified atom stereocenters. The molecule has 0 saturated carbocycles. The number of urea groups is 1. The lowest BCUT2D eigenvalue weighted by atomic mass is 10.2. The van der Waals surface area contributed by atoms with Gasteiger partial charge >= 0.3 is 6.03 Å². The Morgan fingerprint density at radius 1 is 1.30 bits per heavy atom. The number of amides is 4. The molecule has 27 heavy (non-hydrogen) atoms. The molecule has 0 spiro atoms. The monoisotopic (exact) mass is 374 g/mol. The molecule has 2 aliphatic rings. The first kappa shape index (κ1) is 19.0. The van der Waals surface area contributed by atoms with E-state index >= 15 is 0 Å². The molecule has 0 bridgehead atoms. The van der Waals surface area contributed by atoms with Crippen LogP contribution < -0.4 is 20.3 Å². The van der Waals surface area contributed by atoms with E-state index in [1.54, 1.807) is 18.1 Å². The van der Waals surface area contributed by atoms with Crippen LogP contribution in [0.15, 0.2) is 24.3 Å². The zero-order valence-corrected chi connectivity index (χ0v) is 15.6. The van der Waals surface area contributed by atoms with Gasteiger partial charge in [-0.2, -0.15) is 0 Å². The first-order valence-electron chi connectivity index (χ1n) is 9.33. The second-order valence-electron chi connectivity index (χ2n) is 6.85. The van der Waals surface area contributed by atoms with Gasteiger partial charge in [-0.3, -0.25) is 9.59 Å². The number of anilines is 1. The van der Waals surface area contributed by atoms with Crippen LogP contribution in [0.3, 0.4) is 0 Å². The van der Waals surface area contributed by atoms with Gasteiger partial charge in [0.25, 0.3) is 0 Å². The Bertz CT molecular complexity index is 709. The van der Waals surface area contributed by atoms with Crippen molar-refractivity contribution in [1.29, 1.82) is 0 Å². The number of rotatable bonds is 7. The molecule has 4 amide bonds. The maximum absolute atomic E-state index is 12.3. The minimum atomic E-state index is -0.284. The van der Waals surface area contributed by atoms with Crippen molar-refractivity contribution in [2.45, 2.75) is 31.7 Å². The number of hydrogen-bond acceptors (Lipinski definition) is 4. The van der Waals surface area contributed by atoms with Gasteiger partial charge in [-0.05, 0) is 25.0 Å². The second-order valence-corrected chi connectivity index (χ2v) is 6.85. The van der Waals surface area contributed by atoms with Gasteiger partial charge in [0.2, 0.25) is 11.8 Å². The van der Waals surface area contributed by atoms with E-state index in [4.69, 9.17) is 4.74 Å². The number of carbonyl (C=O) groups excluding carboxylic acids is 3. The van der Waals surface area contributed by atoms with Crippen molar-refractivity contribution < 1.29 is 19.1 Å². The van der Waals surface area contributed by atoms with Crippen LogP contribution in [0.4, 0.5) is 10.5 Å². The number of carbonyl (C=O) groups is 3. The van der Waals surface area contributed by atoms with Crippen LogP contribution in [-0.2, 0) is 9.59 Å². The van der Waals surface area contributed by atoms with Gasteiger partial charge < -0.3 is 25.2 Å². The van der Waals surface area contributed by atoms with Crippen molar-refractivity contribution in [1.82, 2.24) is 15.5 Å². The second kappa shape index (κ2) is 8.75. The Morgan fingerprint density at radius 3 is 2.89 bits per heavy atom. The Labute approximate surface area is 158 Å². The molecule has 3 rings (SSSR count). The molecule has 0 aliphatic carbocycles. The van der Waals surface area contributed by atoms with Crippen molar-refractivity contribution in [3.63, 3.8) is 0 Å². The fraction of sp³-hybridized carbons (Fsp3) is 0.526. The molecule has 1 aromatic carbocycles. The van der Waals surface area contributed by atoms with Gasteiger partial charge in [-0.1, -0.05) is 6.07 Å². The van der Waals surface area contributed by atoms with Crippen molar-refractivity contribution in [2.24, 2.45) is 0 Å². The number of methoxy groups -OCH3 is 1. The Morgan fingerprint density at radius 2 is 2.15 bits per heavy atom. The summed E-state index contributed by atoms with van der Waals surface area (Å²) in [5.74, 6) is 0.855. The molecule has 2 saturated heterocycles. The van der Waals surface area contributed by atoms with E-state index in [1.165, 1.54) is 0 Å². The third-order valence-corrected chi connectivity index (χ3v) is 4.89. The van der Waals surface area contributed by atoms with E-state index in [0.717, 1.165) is 25.1 Å². The van der Waals surface area contributed by atoms with E-state index in [2.05, 4.69) is 10.6 Å². The molecule has 0 aromatic heterocycles. The number of nitrogens with one attached hydrogen (secondary N) is 2. The predicted octanol–water partition coefficient (Wildman–Crippen LogP) is 1.11. The van der Waals surface area contributed by atoms with Gasteiger partial charge in [0.05, 0.1) is 13.2 Å². The zero-order valence-electron chi connectivity index (χ0n) is 15.6. The average Bonchev–Trinajstić information content (AvgIpc) is 3.24. The highest BCUT2D eigenvalue weighted by molar-refractivity contribution is 5.97. The van der Waals surface area contributed by atoms with Crippen LogP contribution in [0.2, 0.25) is 0 Å². The summed E-state index contributed by atoms with van der Waals surface area (Å²) in [6.45, 7) is 2.41. The summed E-state index contributed by atoms with van der Waals surface area (Å²) in [7, 11) is 1.58. The molecule has 1 aromatic rings. The molecular weight excluding hydrogens is 348 g/mol. The highest BCUT2D eigenvalue weighted by atomic mass is 16.5. The van der Waals surface area contributed by atoms with Crippen molar-refractivity contribution >= 4 is 23.5 Å². The molecule has 8 nitrogen and oxygen atoms in total. The molecule has 2 heterocycles. The van der Waals surface area contributed by atoms with Crippen molar-refractivity contribution in [3.8, 4) is 5.75 Å². The summed E-state index contributed by atoms with van der Waals surface area (Å²) in [5.41, 5.74) is 0.763. The number of benzene rings is 1. The van der Waals surface area contributed by atoms with E-state index in [1.807, 2.05) is 23.1 Å². The normalized spacial score (nSPS) is 19.5. The lowest BCUT2D eigenvalue weighted by Crippen LogP contribution is -2.44. The van der Waals surface area contributed by atoms with Crippen LogP contribution in [-0.4, -0.2) is 62.1 Å². The third-order valence-electron chi connectivity index (χ3n) is 4.89. The minimum absolute atomic E-state index is 0.0268. The lowest BCUT2D eigenvalue weighted by molar-refractivity contribution is -0.127. The van der Waals surface area contributed by atoms with E-state index < -0.39 is 0 Å². The summed E-state index contributed by atoms with van der Waals surface area (Å²) in [5, 5.41) is 5.65.